The van der Waals surface area contributed by atoms with Crippen LogP contribution in [0, 0.1) is 6.92 Å². The zero-order valence-corrected chi connectivity index (χ0v) is 16.6. The van der Waals surface area contributed by atoms with Gasteiger partial charge in [0.05, 0.1) is 23.3 Å². The monoisotopic (exact) mass is 401 g/mol. The molecule has 1 N–H and O–H groups in total. The van der Waals surface area contributed by atoms with Crippen LogP contribution < -0.4 is 5.32 Å². The number of nitrogens with zero attached hydrogens (tertiary/aromatic N) is 4. The van der Waals surface area contributed by atoms with E-state index in [4.69, 9.17) is 0 Å². The van der Waals surface area contributed by atoms with E-state index in [2.05, 4.69) is 20.6 Å². The molecule has 2 aromatic carbocycles. The molecule has 29 heavy (non-hydrogen) atoms. The number of hydrogen-bond donors (Lipinski definition) is 1. The summed E-state index contributed by atoms with van der Waals surface area (Å²) in [6.07, 6.45) is 7.25. The second-order valence-corrected chi connectivity index (χ2v) is 7.56. The van der Waals surface area contributed by atoms with E-state index in [1.54, 1.807) is 16.8 Å². The summed E-state index contributed by atoms with van der Waals surface area (Å²) in [5.74, 6) is -0.154. The molecule has 0 spiro atoms. The van der Waals surface area contributed by atoms with E-state index < -0.39 is 0 Å². The molecule has 1 aliphatic rings. The van der Waals surface area contributed by atoms with E-state index in [9.17, 15) is 4.79 Å². The number of thioether (sulfide) groups is 1. The SMILES string of the molecule is Cc1cccc(N=C2NC(=O)/C(=C\C=C\c3cn(Cc4ccccc4)nn3)S2)c1. The van der Waals surface area contributed by atoms with Gasteiger partial charge in [-0.2, -0.15) is 0 Å². The van der Waals surface area contributed by atoms with E-state index in [-0.39, 0.29) is 5.91 Å². The lowest BCUT2D eigenvalue weighted by molar-refractivity contribution is -0.115. The van der Waals surface area contributed by atoms with Crippen molar-refractivity contribution < 1.29 is 4.79 Å². The largest absolute Gasteiger partial charge is 0.300 e. The van der Waals surface area contributed by atoms with Gasteiger partial charge in [-0.15, -0.1) is 5.10 Å². The molecule has 1 amide bonds. The van der Waals surface area contributed by atoms with Gasteiger partial charge in [-0.25, -0.2) is 9.67 Å². The molecule has 4 rings (SSSR count). The van der Waals surface area contributed by atoms with Gasteiger partial charge in [-0.05, 0) is 54.1 Å². The standard InChI is InChI=1S/C22H19N5OS/c1-16-7-5-10-18(13-16)23-22-24-21(28)20(29-22)12-6-11-19-15-27(26-25-19)14-17-8-3-2-4-9-17/h2-13,15H,14H2,1H3,(H,23,24,28)/b11-6+,20-12+. The highest BCUT2D eigenvalue weighted by Crippen LogP contribution is 2.26. The van der Waals surface area contributed by atoms with E-state index in [1.807, 2.05) is 73.8 Å². The summed E-state index contributed by atoms with van der Waals surface area (Å²) >= 11 is 1.32. The minimum Gasteiger partial charge on any atom is -0.300 e. The van der Waals surface area contributed by atoms with Gasteiger partial charge >= 0.3 is 0 Å². The summed E-state index contributed by atoms with van der Waals surface area (Å²) in [7, 11) is 0. The topological polar surface area (TPSA) is 72.2 Å². The number of aliphatic imine (C=N–C) groups is 1. The highest BCUT2D eigenvalue weighted by atomic mass is 32.2. The number of hydrogen-bond acceptors (Lipinski definition) is 5. The van der Waals surface area contributed by atoms with E-state index in [0.717, 1.165) is 22.5 Å². The number of nitrogens with one attached hydrogen (secondary N) is 1. The smallest absolute Gasteiger partial charge is 0.264 e. The second kappa shape index (κ2) is 8.70. The Labute approximate surface area is 173 Å². The first kappa shape index (κ1) is 18.9. The summed E-state index contributed by atoms with van der Waals surface area (Å²) in [6.45, 7) is 2.68. The Hall–Kier alpha value is -3.45. The molecule has 0 bridgehead atoms. The molecule has 1 fully saturated rings. The van der Waals surface area contributed by atoms with Gasteiger partial charge in [0.1, 0.15) is 5.69 Å². The van der Waals surface area contributed by atoms with Gasteiger partial charge in [0.2, 0.25) is 0 Å². The fraction of sp³-hybridized carbons (Fsp3) is 0.0909. The number of amidine groups is 1. The molecule has 0 saturated carbocycles. The Kier molecular flexibility index (Phi) is 5.67. The summed E-state index contributed by atoms with van der Waals surface area (Å²) in [4.78, 5) is 17.2. The Morgan fingerprint density at radius 1 is 1.17 bits per heavy atom. The van der Waals surface area contributed by atoms with Crippen molar-refractivity contribution in [1.82, 2.24) is 20.3 Å². The van der Waals surface area contributed by atoms with Gasteiger partial charge in [-0.1, -0.05) is 53.8 Å². The maximum Gasteiger partial charge on any atom is 0.264 e. The molecule has 0 unspecified atom stereocenters. The van der Waals surface area contributed by atoms with Crippen molar-refractivity contribution >= 4 is 34.6 Å². The Morgan fingerprint density at radius 3 is 2.86 bits per heavy atom. The number of carbonyl (C=O) groups excluding carboxylic acids is 1. The molecule has 0 aliphatic carbocycles. The number of carbonyl (C=O) groups is 1. The predicted molar refractivity (Wildman–Crippen MR) is 117 cm³/mol. The third kappa shape index (κ3) is 5.08. The maximum absolute atomic E-state index is 12.1. The van der Waals surface area contributed by atoms with Crippen molar-refractivity contribution in [3.8, 4) is 0 Å². The lowest BCUT2D eigenvalue weighted by atomic mass is 10.2. The van der Waals surface area contributed by atoms with Gasteiger partial charge < -0.3 is 5.32 Å². The first-order valence-corrected chi connectivity index (χ1v) is 9.94. The zero-order chi connectivity index (χ0) is 20.1. The normalized spacial score (nSPS) is 16.8. The summed E-state index contributed by atoms with van der Waals surface area (Å²) < 4.78 is 1.78. The third-order valence-electron chi connectivity index (χ3n) is 4.14. The second-order valence-electron chi connectivity index (χ2n) is 6.53. The molecule has 1 saturated heterocycles. The van der Waals surface area contributed by atoms with Crippen LogP contribution in [0.15, 0.2) is 82.8 Å². The first-order chi connectivity index (χ1) is 14.2. The molecule has 2 heterocycles. The van der Waals surface area contributed by atoms with Gasteiger partial charge in [-0.3, -0.25) is 4.79 Å². The zero-order valence-electron chi connectivity index (χ0n) is 15.8. The molecular formula is C22H19N5OS. The van der Waals surface area contributed by atoms with Crippen molar-refractivity contribution in [3.63, 3.8) is 0 Å². The van der Waals surface area contributed by atoms with Gasteiger partial charge in [0.25, 0.3) is 5.91 Å². The van der Waals surface area contributed by atoms with Gasteiger partial charge in [0, 0.05) is 0 Å². The van der Waals surface area contributed by atoms with Crippen LogP contribution in [0.2, 0.25) is 0 Å². The van der Waals surface area contributed by atoms with Crippen molar-refractivity contribution in [2.75, 3.05) is 0 Å². The molecule has 1 aliphatic heterocycles. The van der Waals surface area contributed by atoms with Crippen LogP contribution in [-0.2, 0) is 11.3 Å². The van der Waals surface area contributed by atoms with Crippen LogP contribution >= 0.6 is 11.8 Å². The number of benzene rings is 2. The van der Waals surface area contributed by atoms with Crippen molar-refractivity contribution in [2.24, 2.45) is 4.99 Å². The summed E-state index contributed by atoms with van der Waals surface area (Å²) in [6, 6.07) is 17.9. The third-order valence-corrected chi connectivity index (χ3v) is 5.07. The highest BCUT2D eigenvalue weighted by molar-refractivity contribution is 8.18. The summed E-state index contributed by atoms with van der Waals surface area (Å²) in [5, 5.41) is 11.6. The molecule has 144 valence electrons. The number of aryl methyl sites for hydroxylation is 1. The van der Waals surface area contributed by atoms with Crippen molar-refractivity contribution in [1.29, 1.82) is 0 Å². The highest BCUT2D eigenvalue weighted by Gasteiger charge is 2.23. The quantitative estimate of drug-likeness (QED) is 0.654. The molecule has 3 aromatic rings. The molecular weight excluding hydrogens is 382 g/mol. The fourth-order valence-electron chi connectivity index (χ4n) is 2.78. The Bertz CT molecular complexity index is 1110. The van der Waals surface area contributed by atoms with Crippen LogP contribution in [0.25, 0.3) is 6.08 Å². The average Bonchev–Trinajstić information content (AvgIpc) is 3.29. The minimum absolute atomic E-state index is 0.154. The van der Waals surface area contributed by atoms with Crippen molar-refractivity contribution in [3.05, 3.63) is 94.7 Å². The van der Waals surface area contributed by atoms with E-state index in [1.165, 1.54) is 11.8 Å². The molecule has 7 heteroatoms. The van der Waals surface area contributed by atoms with E-state index >= 15 is 0 Å². The average molecular weight is 401 g/mol. The van der Waals surface area contributed by atoms with Crippen LogP contribution in [-0.4, -0.2) is 26.1 Å². The van der Waals surface area contributed by atoms with Gasteiger partial charge in [0.15, 0.2) is 5.17 Å². The summed E-state index contributed by atoms with van der Waals surface area (Å²) in [5.41, 5.74) is 3.84. The van der Waals surface area contributed by atoms with Crippen LogP contribution in [0.5, 0.6) is 0 Å². The van der Waals surface area contributed by atoms with E-state index in [0.29, 0.717) is 16.6 Å². The molecule has 6 nitrogen and oxygen atoms in total. The van der Waals surface area contributed by atoms with Crippen molar-refractivity contribution in [2.45, 2.75) is 13.5 Å². The minimum atomic E-state index is -0.154. The molecule has 0 atom stereocenters. The number of amides is 1. The molecule has 1 aromatic heterocycles. The maximum atomic E-state index is 12.1. The number of aromatic nitrogens is 3. The first-order valence-electron chi connectivity index (χ1n) is 9.13. The Balaban J connectivity index is 1.40. The predicted octanol–water partition coefficient (Wildman–Crippen LogP) is 4.08. The lowest BCUT2D eigenvalue weighted by Gasteiger charge is -1.98. The van der Waals surface area contributed by atoms with Crippen LogP contribution in [0.1, 0.15) is 16.8 Å². The fourth-order valence-corrected chi connectivity index (χ4v) is 3.58. The number of allylic oxidation sites excluding steroid dienone is 2. The Morgan fingerprint density at radius 2 is 2.03 bits per heavy atom. The number of rotatable bonds is 5. The lowest BCUT2D eigenvalue weighted by Crippen LogP contribution is -2.19. The van der Waals surface area contributed by atoms with Crippen LogP contribution in [0.3, 0.4) is 0 Å². The molecule has 0 radical (unpaired) electrons. The van der Waals surface area contributed by atoms with Crippen LogP contribution in [0.4, 0.5) is 5.69 Å².